The van der Waals surface area contributed by atoms with E-state index in [2.05, 4.69) is 15.6 Å². The van der Waals surface area contributed by atoms with Gasteiger partial charge >= 0.3 is 0 Å². The van der Waals surface area contributed by atoms with Crippen LogP contribution in [0.4, 0.5) is 15.8 Å². The first-order valence-corrected chi connectivity index (χ1v) is 7.49. The zero-order valence-corrected chi connectivity index (χ0v) is 12.2. The summed E-state index contributed by atoms with van der Waals surface area (Å²) in [6, 6.07) is 8.07. The van der Waals surface area contributed by atoms with E-state index in [0.29, 0.717) is 11.3 Å². The summed E-state index contributed by atoms with van der Waals surface area (Å²) in [7, 11) is 0. The van der Waals surface area contributed by atoms with Crippen LogP contribution in [0, 0.1) is 5.82 Å². The maximum absolute atomic E-state index is 12.9. The van der Waals surface area contributed by atoms with Gasteiger partial charge in [-0.05, 0) is 43.2 Å². The van der Waals surface area contributed by atoms with E-state index >= 15 is 0 Å². The SMILES string of the molecule is O=C(NC1CCCC1)c1cncc(Nc2ccc(F)cc2)c1. The molecule has 1 amide bonds. The fourth-order valence-corrected chi connectivity index (χ4v) is 2.67. The number of rotatable bonds is 4. The van der Waals surface area contributed by atoms with Crippen LogP contribution in [0.3, 0.4) is 0 Å². The Bertz CT molecular complexity index is 651. The maximum atomic E-state index is 12.9. The summed E-state index contributed by atoms with van der Waals surface area (Å²) in [4.78, 5) is 16.3. The third kappa shape index (κ3) is 3.61. The average Bonchev–Trinajstić information content (AvgIpc) is 3.03. The molecule has 22 heavy (non-hydrogen) atoms. The van der Waals surface area contributed by atoms with Gasteiger partial charge in [0.15, 0.2) is 0 Å². The summed E-state index contributed by atoms with van der Waals surface area (Å²) >= 11 is 0. The lowest BCUT2D eigenvalue weighted by molar-refractivity contribution is 0.0937. The van der Waals surface area contributed by atoms with Gasteiger partial charge in [-0.2, -0.15) is 0 Å². The number of nitrogens with one attached hydrogen (secondary N) is 2. The zero-order chi connectivity index (χ0) is 15.4. The van der Waals surface area contributed by atoms with Crippen LogP contribution in [0.2, 0.25) is 0 Å². The van der Waals surface area contributed by atoms with Crippen LogP contribution in [0.5, 0.6) is 0 Å². The van der Waals surface area contributed by atoms with Crippen molar-refractivity contribution < 1.29 is 9.18 Å². The molecule has 0 aliphatic heterocycles. The lowest BCUT2D eigenvalue weighted by Gasteiger charge is -2.12. The maximum Gasteiger partial charge on any atom is 0.253 e. The van der Waals surface area contributed by atoms with Gasteiger partial charge in [-0.15, -0.1) is 0 Å². The van der Waals surface area contributed by atoms with Crippen molar-refractivity contribution in [3.63, 3.8) is 0 Å². The number of hydrogen-bond acceptors (Lipinski definition) is 3. The van der Waals surface area contributed by atoms with Gasteiger partial charge in [0, 0.05) is 17.9 Å². The Balaban J connectivity index is 1.68. The largest absolute Gasteiger partial charge is 0.354 e. The first-order valence-electron chi connectivity index (χ1n) is 7.49. The van der Waals surface area contributed by atoms with Crippen LogP contribution >= 0.6 is 0 Å². The Morgan fingerprint density at radius 3 is 2.55 bits per heavy atom. The molecule has 1 aromatic heterocycles. The van der Waals surface area contributed by atoms with E-state index in [1.54, 1.807) is 30.6 Å². The summed E-state index contributed by atoms with van der Waals surface area (Å²) in [5.41, 5.74) is 1.97. The van der Waals surface area contributed by atoms with Gasteiger partial charge in [0.25, 0.3) is 5.91 Å². The second-order valence-electron chi connectivity index (χ2n) is 5.55. The number of aromatic nitrogens is 1. The molecule has 2 aromatic rings. The zero-order valence-electron chi connectivity index (χ0n) is 12.2. The Labute approximate surface area is 128 Å². The highest BCUT2D eigenvalue weighted by Gasteiger charge is 2.18. The summed E-state index contributed by atoms with van der Waals surface area (Å²) in [5, 5.41) is 6.15. The minimum Gasteiger partial charge on any atom is -0.354 e. The third-order valence-electron chi connectivity index (χ3n) is 3.82. The highest BCUT2D eigenvalue weighted by Crippen LogP contribution is 2.20. The monoisotopic (exact) mass is 299 g/mol. The Kier molecular flexibility index (Phi) is 4.32. The first-order chi connectivity index (χ1) is 10.7. The molecule has 1 aliphatic rings. The van der Waals surface area contributed by atoms with E-state index in [9.17, 15) is 9.18 Å². The predicted octanol–water partition coefficient (Wildman–Crippen LogP) is 3.64. The fraction of sp³-hybridized carbons (Fsp3) is 0.294. The molecule has 0 atom stereocenters. The number of anilines is 2. The molecule has 0 spiro atoms. The Morgan fingerprint density at radius 1 is 1.09 bits per heavy atom. The predicted molar refractivity (Wildman–Crippen MR) is 83.6 cm³/mol. The number of halogens is 1. The van der Waals surface area contributed by atoms with Crippen molar-refractivity contribution in [1.82, 2.24) is 10.3 Å². The van der Waals surface area contributed by atoms with Crippen molar-refractivity contribution in [2.45, 2.75) is 31.7 Å². The van der Waals surface area contributed by atoms with Crippen molar-refractivity contribution in [2.24, 2.45) is 0 Å². The number of carbonyl (C=O) groups excluding carboxylic acids is 1. The summed E-state index contributed by atoms with van der Waals surface area (Å²) in [5.74, 6) is -0.379. The molecular weight excluding hydrogens is 281 g/mol. The van der Waals surface area contributed by atoms with Crippen LogP contribution in [0.15, 0.2) is 42.7 Å². The molecule has 4 nitrogen and oxygen atoms in total. The van der Waals surface area contributed by atoms with Gasteiger partial charge in [-0.1, -0.05) is 12.8 Å². The fourth-order valence-electron chi connectivity index (χ4n) is 2.67. The van der Waals surface area contributed by atoms with Gasteiger partial charge in [-0.25, -0.2) is 4.39 Å². The molecule has 3 rings (SSSR count). The lowest BCUT2D eigenvalue weighted by atomic mass is 10.2. The highest BCUT2D eigenvalue weighted by molar-refractivity contribution is 5.95. The van der Waals surface area contributed by atoms with Gasteiger partial charge in [0.05, 0.1) is 17.4 Å². The van der Waals surface area contributed by atoms with E-state index in [1.165, 1.54) is 25.0 Å². The standard InChI is InChI=1S/C17H18FN3O/c18-13-5-7-15(8-6-13)20-16-9-12(10-19-11-16)17(22)21-14-3-1-2-4-14/h5-11,14,20H,1-4H2,(H,21,22). The van der Waals surface area contributed by atoms with Gasteiger partial charge < -0.3 is 10.6 Å². The minimum absolute atomic E-state index is 0.0952. The molecule has 0 saturated heterocycles. The molecular formula is C17H18FN3O. The molecule has 5 heteroatoms. The number of amides is 1. The van der Waals surface area contributed by atoms with Crippen LogP contribution in [0.1, 0.15) is 36.0 Å². The van der Waals surface area contributed by atoms with Crippen LogP contribution in [-0.4, -0.2) is 16.9 Å². The molecule has 114 valence electrons. The minimum atomic E-state index is -0.284. The molecule has 2 N–H and O–H groups in total. The second-order valence-corrected chi connectivity index (χ2v) is 5.55. The summed E-state index contributed by atoms with van der Waals surface area (Å²) in [6.07, 6.45) is 7.64. The van der Waals surface area contributed by atoms with E-state index in [-0.39, 0.29) is 17.8 Å². The van der Waals surface area contributed by atoms with Crippen molar-refractivity contribution in [3.05, 3.63) is 54.1 Å². The molecule has 1 aromatic carbocycles. The van der Waals surface area contributed by atoms with Crippen LogP contribution < -0.4 is 10.6 Å². The van der Waals surface area contributed by atoms with Crippen LogP contribution in [-0.2, 0) is 0 Å². The molecule has 1 fully saturated rings. The molecule has 0 bridgehead atoms. The molecule has 1 aliphatic carbocycles. The number of hydrogen-bond donors (Lipinski definition) is 2. The Morgan fingerprint density at radius 2 is 1.82 bits per heavy atom. The first kappa shape index (κ1) is 14.5. The highest BCUT2D eigenvalue weighted by atomic mass is 19.1. The number of carbonyl (C=O) groups is 1. The second kappa shape index (κ2) is 6.56. The normalized spacial score (nSPS) is 14.8. The van der Waals surface area contributed by atoms with Crippen LogP contribution in [0.25, 0.3) is 0 Å². The smallest absolute Gasteiger partial charge is 0.253 e. The Hall–Kier alpha value is -2.43. The summed E-state index contributed by atoms with van der Waals surface area (Å²) < 4.78 is 12.9. The third-order valence-corrected chi connectivity index (χ3v) is 3.82. The molecule has 0 unspecified atom stereocenters. The average molecular weight is 299 g/mol. The van der Waals surface area contributed by atoms with E-state index in [4.69, 9.17) is 0 Å². The van der Waals surface area contributed by atoms with E-state index in [0.717, 1.165) is 18.5 Å². The van der Waals surface area contributed by atoms with Gasteiger partial charge in [-0.3, -0.25) is 9.78 Å². The number of nitrogens with zero attached hydrogens (tertiary/aromatic N) is 1. The van der Waals surface area contributed by atoms with Gasteiger partial charge in [0.1, 0.15) is 5.82 Å². The summed E-state index contributed by atoms with van der Waals surface area (Å²) in [6.45, 7) is 0. The topological polar surface area (TPSA) is 54.0 Å². The van der Waals surface area contributed by atoms with Crippen molar-refractivity contribution in [2.75, 3.05) is 5.32 Å². The van der Waals surface area contributed by atoms with Crippen molar-refractivity contribution in [3.8, 4) is 0 Å². The van der Waals surface area contributed by atoms with E-state index < -0.39 is 0 Å². The molecule has 0 radical (unpaired) electrons. The van der Waals surface area contributed by atoms with Crippen molar-refractivity contribution in [1.29, 1.82) is 0 Å². The van der Waals surface area contributed by atoms with E-state index in [1.807, 2.05) is 0 Å². The quantitative estimate of drug-likeness (QED) is 0.906. The molecule has 1 saturated carbocycles. The lowest BCUT2D eigenvalue weighted by Crippen LogP contribution is -2.32. The van der Waals surface area contributed by atoms with Gasteiger partial charge in [0.2, 0.25) is 0 Å². The molecule has 1 heterocycles. The van der Waals surface area contributed by atoms with Crippen molar-refractivity contribution >= 4 is 17.3 Å². The number of benzene rings is 1. The number of pyridine rings is 1.